The van der Waals surface area contributed by atoms with Crippen LogP contribution in [0.4, 0.5) is 0 Å². The Morgan fingerprint density at radius 3 is 2.09 bits per heavy atom. The molecule has 1 fully saturated rings. The molecule has 0 bridgehead atoms. The predicted octanol–water partition coefficient (Wildman–Crippen LogP) is 6.29. The monoisotopic (exact) mass is 660 g/mol. The van der Waals surface area contributed by atoms with Crippen molar-refractivity contribution in [3.63, 3.8) is 0 Å². The second kappa shape index (κ2) is 16.3. The van der Waals surface area contributed by atoms with Crippen molar-refractivity contribution in [1.82, 2.24) is 9.55 Å². The van der Waals surface area contributed by atoms with Gasteiger partial charge in [-0.3, -0.25) is 14.3 Å². The first-order chi connectivity index (χ1) is 22.9. The molecule has 0 radical (unpaired) electrons. The van der Waals surface area contributed by atoms with Gasteiger partial charge in [0.2, 0.25) is 0 Å². The SMILES string of the molecule is CCCCCc1cn([C@H]2C[C@H](OCSC)[C@@H](COC(c3ccccc3)(c3ccc(OC)cc3)c3ccc(OC)cc3)O2)c(=O)[nH]c1=O. The highest BCUT2D eigenvalue weighted by Gasteiger charge is 2.43. The fraction of sp³-hybridized carbons (Fsp3) is 0.405. The summed E-state index contributed by atoms with van der Waals surface area (Å²) in [4.78, 5) is 28.1. The Hall–Kier alpha value is -3.83. The standard InChI is InChI=1S/C37H44N2O7S/c1-5-6-8-11-26-23-39(36(41)38-35(26)40)34-22-32(44-25-47-4)33(46-34)24-45-37(27-12-9-7-10-13-27,28-14-18-30(42-2)19-15-28)29-16-20-31(43-3)21-17-29/h7,9-10,12-21,23,32-34H,5-6,8,11,22,24-25H2,1-4H3,(H,38,40,41)/t32-,33+,34+/m0/s1. The van der Waals surface area contributed by atoms with Crippen molar-refractivity contribution in [2.45, 2.75) is 63.1 Å². The first-order valence-corrected chi connectivity index (χ1v) is 17.4. The van der Waals surface area contributed by atoms with Crippen LogP contribution in [0.3, 0.4) is 0 Å². The summed E-state index contributed by atoms with van der Waals surface area (Å²) < 4.78 is 32.4. The van der Waals surface area contributed by atoms with Crippen molar-refractivity contribution < 1.29 is 23.7 Å². The van der Waals surface area contributed by atoms with Gasteiger partial charge in [0.05, 0.1) is 32.9 Å². The molecule has 250 valence electrons. The number of aromatic nitrogens is 2. The van der Waals surface area contributed by atoms with Gasteiger partial charge in [-0.05, 0) is 60.1 Å². The molecule has 0 unspecified atom stereocenters. The van der Waals surface area contributed by atoms with Crippen LogP contribution >= 0.6 is 11.8 Å². The third kappa shape index (κ3) is 7.84. The number of nitrogens with one attached hydrogen (secondary N) is 1. The lowest BCUT2D eigenvalue weighted by Crippen LogP contribution is -2.38. The molecule has 0 aliphatic carbocycles. The molecule has 1 aromatic heterocycles. The lowest BCUT2D eigenvalue weighted by atomic mass is 9.80. The summed E-state index contributed by atoms with van der Waals surface area (Å²) in [5.74, 6) is 1.93. The van der Waals surface area contributed by atoms with Gasteiger partial charge in [0.15, 0.2) is 0 Å². The first kappa shape index (κ1) is 34.5. The van der Waals surface area contributed by atoms with Crippen molar-refractivity contribution >= 4 is 11.8 Å². The van der Waals surface area contributed by atoms with Gasteiger partial charge >= 0.3 is 5.69 Å². The normalized spacial score (nSPS) is 17.9. The zero-order valence-electron chi connectivity index (χ0n) is 27.5. The van der Waals surface area contributed by atoms with E-state index in [1.165, 1.54) is 4.57 Å². The molecule has 0 saturated carbocycles. The first-order valence-electron chi connectivity index (χ1n) is 16.0. The van der Waals surface area contributed by atoms with Crippen LogP contribution in [0, 0.1) is 0 Å². The van der Waals surface area contributed by atoms with Crippen molar-refractivity contribution in [2.75, 3.05) is 33.0 Å². The molecule has 0 amide bonds. The molecule has 3 aromatic carbocycles. The zero-order chi connectivity index (χ0) is 33.2. The number of nitrogens with zero attached hydrogens (tertiary/aromatic N) is 1. The smallest absolute Gasteiger partial charge is 0.330 e. The van der Waals surface area contributed by atoms with Gasteiger partial charge in [0, 0.05) is 18.2 Å². The summed E-state index contributed by atoms with van der Waals surface area (Å²) in [7, 11) is 3.29. The average molecular weight is 661 g/mol. The number of aromatic amines is 1. The van der Waals surface area contributed by atoms with Crippen molar-refractivity contribution in [3.05, 3.63) is 128 Å². The van der Waals surface area contributed by atoms with Crippen LogP contribution in [-0.4, -0.2) is 54.8 Å². The molecule has 0 spiro atoms. The number of rotatable bonds is 16. The summed E-state index contributed by atoms with van der Waals surface area (Å²) in [6.45, 7) is 2.27. The summed E-state index contributed by atoms with van der Waals surface area (Å²) >= 11 is 1.57. The van der Waals surface area contributed by atoms with Gasteiger partial charge in [-0.2, -0.15) is 0 Å². The number of thioether (sulfide) groups is 1. The van der Waals surface area contributed by atoms with E-state index in [-0.39, 0.29) is 18.3 Å². The van der Waals surface area contributed by atoms with Gasteiger partial charge in [0.1, 0.15) is 29.4 Å². The summed E-state index contributed by atoms with van der Waals surface area (Å²) in [5, 5.41) is 0. The minimum absolute atomic E-state index is 0.157. The lowest BCUT2D eigenvalue weighted by Gasteiger charge is -2.37. The Morgan fingerprint density at radius 1 is 0.894 bits per heavy atom. The largest absolute Gasteiger partial charge is 0.497 e. The van der Waals surface area contributed by atoms with E-state index in [0.29, 0.717) is 24.3 Å². The third-order valence-corrected chi connectivity index (χ3v) is 8.99. The van der Waals surface area contributed by atoms with E-state index in [9.17, 15) is 9.59 Å². The minimum atomic E-state index is -1.04. The second-order valence-corrected chi connectivity index (χ2v) is 12.4. The van der Waals surface area contributed by atoms with E-state index in [1.807, 2.05) is 73.0 Å². The van der Waals surface area contributed by atoms with E-state index < -0.39 is 23.6 Å². The molecular weight excluding hydrogens is 616 g/mol. The number of methoxy groups -OCH3 is 2. The number of hydrogen-bond donors (Lipinski definition) is 1. The van der Waals surface area contributed by atoms with Gasteiger partial charge in [0.25, 0.3) is 5.56 Å². The Labute approximate surface area is 280 Å². The Bertz CT molecular complexity index is 1620. The highest BCUT2D eigenvalue weighted by molar-refractivity contribution is 7.98. The number of unbranched alkanes of at least 4 members (excludes halogenated alkanes) is 2. The number of H-pyrrole nitrogens is 1. The maximum absolute atomic E-state index is 13.0. The maximum atomic E-state index is 13.0. The van der Waals surface area contributed by atoms with Crippen molar-refractivity contribution in [1.29, 1.82) is 0 Å². The number of benzene rings is 3. The summed E-state index contributed by atoms with van der Waals surface area (Å²) in [5.41, 5.74) is 1.43. The Morgan fingerprint density at radius 2 is 1.51 bits per heavy atom. The van der Waals surface area contributed by atoms with Crippen molar-refractivity contribution in [3.8, 4) is 11.5 Å². The Kier molecular flexibility index (Phi) is 12.0. The van der Waals surface area contributed by atoms with Gasteiger partial charge in [-0.1, -0.05) is 74.4 Å². The van der Waals surface area contributed by atoms with Crippen LogP contribution < -0.4 is 20.7 Å². The highest BCUT2D eigenvalue weighted by Crippen LogP contribution is 2.43. The highest BCUT2D eigenvalue weighted by atomic mass is 32.2. The fourth-order valence-electron chi connectivity index (χ4n) is 6.12. The van der Waals surface area contributed by atoms with Crippen LogP contribution in [0.15, 0.2) is 94.6 Å². The second-order valence-electron chi connectivity index (χ2n) is 11.6. The quantitative estimate of drug-likeness (QED) is 0.0851. The Balaban J connectivity index is 1.52. The van der Waals surface area contributed by atoms with E-state index >= 15 is 0 Å². The molecule has 1 aliphatic heterocycles. The predicted molar refractivity (Wildman–Crippen MR) is 185 cm³/mol. The van der Waals surface area contributed by atoms with Crippen LogP contribution in [0.5, 0.6) is 11.5 Å². The molecular formula is C37H44N2O7S. The molecule has 1 N–H and O–H groups in total. The van der Waals surface area contributed by atoms with Crippen LogP contribution in [0.2, 0.25) is 0 Å². The average Bonchev–Trinajstić information content (AvgIpc) is 3.52. The molecule has 3 atom stereocenters. The van der Waals surface area contributed by atoms with E-state index in [0.717, 1.165) is 47.5 Å². The van der Waals surface area contributed by atoms with Gasteiger partial charge in [-0.15, -0.1) is 11.8 Å². The van der Waals surface area contributed by atoms with Gasteiger partial charge < -0.3 is 23.7 Å². The van der Waals surface area contributed by atoms with E-state index in [1.54, 1.807) is 32.2 Å². The van der Waals surface area contributed by atoms with Crippen LogP contribution in [0.25, 0.3) is 0 Å². The molecule has 47 heavy (non-hydrogen) atoms. The fourth-order valence-corrected chi connectivity index (χ4v) is 6.43. The molecule has 5 rings (SSSR count). The number of aryl methyl sites for hydroxylation is 1. The molecule has 9 nitrogen and oxygen atoms in total. The lowest BCUT2D eigenvalue weighted by molar-refractivity contribution is -0.100. The van der Waals surface area contributed by atoms with Crippen LogP contribution in [0.1, 0.15) is 61.1 Å². The molecule has 4 aromatic rings. The maximum Gasteiger partial charge on any atom is 0.330 e. The zero-order valence-corrected chi connectivity index (χ0v) is 28.3. The van der Waals surface area contributed by atoms with E-state index in [2.05, 4.69) is 24.0 Å². The third-order valence-electron chi connectivity index (χ3n) is 8.62. The molecule has 1 saturated heterocycles. The summed E-state index contributed by atoms with van der Waals surface area (Å²) in [6, 6.07) is 25.8. The van der Waals surface area contributed by atoms with E-state index in [4.69, 9.17) is 23.7 Å². The van der Waals surface area contributed by atoms with Crippen LogP contribution in [-0.2, 0) is 26.2 Å². The minimum Gasteiger partial charge on any atom is -0.497 e. The number of ether oxygens (including phenoxy) is 5. The summed E-state index contributed by atoms with van der Waals surface area (Å²) in [6.07, 6.45) is 6.09. The topological polar surface area (TPSA) is 101 Å². The van der Waals surface area contributed by atoms with Crippen molar-refractivity contribution in [2.24, 2.45) is 0 Å². The number of hydrogen-bond acceptors (Lipinski definition) is 8. The molecule has 1 aliphatic rings. The van der Waals surface area contributed by atoms with Gasteiger partial charge in [-0.25, -0.2) is 4.79 Å². The molecule has 10 heteroatoms. The molecule has 2 heterocycles.